The van der Waals surface area contributed by atoms with Crippen LogP contribution in [0, 0.1) is 0 Å². The third-order valence-electron chi connectivity index (χ3n) is 5.05. The normalized spacial score (nSPS) is 45.9. The van der Waals surface area contributed by atoms with Gasteiger partial charge in [-0.3, -0.25) is 0 Å². The van der Waals surface area contributed by atoms with Crippen molar-refractivity contribution >= 4 is 5.97 Å². The molecule has 0 bridgehead atoms. The molecule has 4 unspecified atom stereocenters. The van der Waals surface area contributed by atoms with Crippen LogP contribution >= 0.6 is 0 Å². The Bertz CT molecular complexity index is 366. The van der Waals surface area contributed by atoms with E-state index < -0.39 is 5.97 Å². The summed E-state index contributed by atoms with van der Waals surface area (Å²) in [5.74, 6) is -0.981. The third kappa shape index (κ3) is 2.01. The van der Waals surface area contributed by atoms with Crippen LogP contribution in [0.1, 0.15) is 51.4 Å². The first kappa shape index (κ1) is 13.1. The van der Waals surface area contributed by atoms with Gasteiger partial charge in [0, 0.05) is 6.08 Å². The smallest absolute Gasteiger partial charge is 0.327 e. The Kier molecular flexibility index (Phi) is 3.18. The van der Waals surface area contributed by atoms with Gasteiger partial charge in [-0.05, 0) is 25.7 Å². The maximum absolute atomic E-state index is 9.25. The fourth-order valence-electron chi connectivity index (χ4n) is 4.07. The van der Waals surface area contributed by atoms with Crippen molar-refractivity contribution in [1.29, 1.82) is 0 Å². The molecule has 0 aromatic rings. The summed E-state index contributed by atoms with van der Waals surface area (Å²) in [7, 11) is 0. The highest BCUT2D eigenvalue weighted by molar-refractivity contribution is 5.78. The van der Waals surface area contributed by atoms with Gasteiger partial charge in [0.1, 0.15) is 11.2 Å². The molecule has 19 heavy (non-hydrogen) atoms. The summed E-state index contributed by atoms with van der Waals surface area (Å²) in [6.45, 7) is 2.96. The van der Waals surface area contributed by atoms with Crippen LogP contribution in [0.5, 0.6) is 0 Å². The first-order valence-electron chi connectivity index (χ1n) is 7.36. The molecule has 0 amide bonds. The van der Waals surface area contributed by atoms with Crippen molar-refractivity contribution in [2.24, 2.45) is 0 Å². The van der Waals surface area contributed by atoms with E-state index in [4.69, 9.17) is 14.6 Å². The van der Waals surface area contributed by atoms with Crippen molar-refractivity contribution < 1.29 is 19.4 Å². The Morgan fingerprint density at radius 1 is 1.05 bits per heavy atom. The number of carboxylic acids is 1. The van der Waals surface area contributed by atoms with E-state index in [2.05, 4.69) is 6.58 Å². The van der Waals surface area contributed by atoms with Crippen LogP contribution in [0.4, 0.5) is 0 Å². The number of fused-ring (bicyclic) bond motifs is 3. The second-order valence-electron chi connectivity index (χ2n) is 6.03. The van der Waals surface area contributed by atoms with Gasteiger partial charge in [0.25, 0.3) is 0 Å². The molecule has 106 valence electrons. The first-order chi connectivity index (χ1) is 9.14. The molecule has 2 saturated heterocycles. The van der Waals surface area contributed by atoms with E-state index in [1.807, 2.05) is 0 Å². The molecule has 2 aliphatic carbocycles. The minimum absolute atomic E-state index is 0.205. The standard InChI is InChI=1S/C12H18O2.C3H4O2/c1-3-7-11(9(5-1)13-11)12-8-4-2-6-10(12)14-12;1-2-3(4)5/h9-10H,1-8H2;2H,1H2,(H,4,5). The molecule has 4 rings (SSSR count). The average Bonchev–Trinajstić information content (AvgIpc) is 3.30. The van der Waals surface area contributed by atoms with Crippen LogP contribution in [-0.4, -0.2) is 34.5 Å². The van der Waals surface area contributed by atoms with E-state index in [0.29, 0.717) is 12.2 Å². The van der Waals surface area contributed by atoms with Crippen molar-refractivity contribution in [1.82, 2.24) is 0 Å². The number of epoxide rings is 2. The molecule has 0 aromatic carbocycles. The number of carboxylic acid groups (broad SMARTS) is 1. The summed E-state index contributed by atoms with van der Waals surface area (Å²) in [5.41, 5.74) is 0.409. The predicted octanol–water partition coefficient (Wildman–Crippen LogP) is 2.67. The van der Waals surface area contributed by atoms with Gasteiger partial charge in [0.2, 0.25) is 0 Å². The van der Waals surface area contributed by atoms with Crippen LogP contribution in [0.3, 0.4) is 0 Å². The highest BCUT2D eigenvalue weighted by Gasteiger charge is 2.79. The number of hydrogen-bond acceptors (Lipinski definition) is 3. The zero-order valence-electron chi connectivity index (χ0n) is 11.3. The summed E-state index contributed by atoms with van der Waals surface area (Å²) in [6.07, 6.45) is 12.5. The number of carbonyl (C=O) groups is 1. The molecule has 4 nitrogen and oxygen atoms in total. The van der Waals surface area contributed by atoms with E-state index in [1.165, 1.54) is 51.4 Å². The SMILES string of the molecule is C1CCC2(C34CCCCC3O4)OC2C1.C=CC(=O)O. The van der Waals surface area contributed by atoms with Crippen LogP contribution in [0.2, 0.25) is 0 Å². The van der Waals surface area contributed by atoms with Gasteiger partial charge in [0.05, 0.1) is 12.2 Å². The van der Waals surface area contributed by atoms with E-state index in [1.54, 1.807) is 0 Å². The van der Waals surface area contributed by atoms with Gasteiger partial charge < -0.3 is 14.6 Å². The zero-order valence-corrected chi connectivity index (χ0v) is 11.3. The molecule has 4 atom stereocenters. The molecular formula is C15H22O4. The molecular weight excluding hydrogens is 244 g/mol. The Morgan fingerprint density at radius 3 is 1.79 bits per heavy atom. The van der Waals surface area contributed by atoms with Crippen LogP contribution in [-0.2, 0) is 14.3 Å². The summed E-state index contributed by atoms with van der Waals surface area (Å²) >= 11 is 0. The van der Waals surface area contributed by atoms with Crippen LogP contribution < -0.4 is 0 Å². The van der Waals surface area contributed by atoms with E-state index in [-0.39, 0.29) is 11.2 Å². The number of ether oxygens (including phenoxy) is 2. The summed E-state index contributed by atoms with van der Waals surface area (Å²) in [5, 5.41) is 7.60. The molecule has 1 N–H and O–H groups in total. The van der Waals surface area contributed by atoms with Gasteiger partial charge in [-0.2, -0.15) is 0 Å². The molecule has 2 heterocycles. The average molecular weight is 266 g/mol. The van der Waals surface area contributed by atoms with Gasteiger partial charge in [-0.25, -0.2) is 4.79 Å². The minimum Gasteiger partial charge on any atom is -0.478 e. The molecule has 2 aliphatic heterocycles. The molecule has 0 aromatic heterocycles. The molecule has 4 aliphatic rings. The number of aliphatic carboxylic acids is 1. The number of rotatable bonds is 2. The van der Waals surface area contributed by atoms with Crippen molar-refractivity contribution in [3.63, 3.8) is 0 Å². The summed E-state index contributed by atoms with van der Waals surface area (Å²) < 4.78 is 12.0. The first-order valence-corrected chi connectivity index (χ1v) is 7.36. The molecule has 2 saturated carbocycles. The lowest BCUT2D eigenvalue weighted by Crippen LogP contribution is -2.41. The summed E-state index contributed by atoms with van der Waals surface area (Å²) in [4.78, 5) is 9.25. The quantitative estimate of drug-likeness (QED) is 0.616. The van der Waals surface area contributed by atoms with Gasteiger partial charge >= 0.3 is 5.97 Å². The Balaban J connectivity index is 0.000000193. The second kappa shape index (κ2) is 4.60. The Hall–Kier alpha value is -0.870. The lowest BCUT2D eigenvalue weighted by molar-refractivity contribution is -0.131. The van der Waals surface area contributed by atoms with Crippen LogP contribution in [0.25, 0.3) is 0 Å². The topological polar surface area (TPSA) is 62.4 Å². The predicted molar refractivity (Wildman–Crippen MR) is 70.0 cm³/mol. The maximum atomic E-state index is 9.25. The molecule has 0 spiro atoms. The highest BCUT2D eigenvalue weighted by Crippen LogP contribution is 2.66. The lowest BCUT2D eigenvalue weighted by atomic mass is 9.72. The molecule has 4 fully saturated rings. The third-order valence-corrected chi connectivity index (χ3v) is 5.05. The zero-order chi connectivity index (χ0) is 13.5. The fourth-order valence-corrected chi connectivity index (χ4v) is 4.07. The van der Waals surface area contributed by atoms with E-state index >= 15 is 0 Å². The largest absolute Gasteiger partial charge is 0.478 e. The lowest BCUT2D eigenvalue weighted by Gasteiger charge is -2.27. The van der Waals surface area contributed by atoms with Crippen LogP contribution in [0.15, 0.2) is 12.7 Å². The Labute approximate surface area is 113 Å². The van der Waals surface area contributed by atoms with Crippen molar-refractivity contribution in [3.8, 4) is 0 Å². The number of hydrogen-bond donors (Lipinski definition) is 1. The van der Waals surface area contributed by atoms with Gasteiger partial charge in [0.15, 0.2) is 0 Å². The highest BCUT2D eigenvalue weighted by atomic mass is 16.7. The van der Waals surface area contributed by atoms with E-state index in [9.17, 15) is 4.79 Å². The van der Waals surface area contributed by atoms with Gasteiger partial charge in [-0.15, -0.1) is 0 Å². The fraction of sp³-hybridized carbons (Fsp3) is 0.800. The van der Waals surface area contributed by atoms with E-state index in [0.717, 1.165) is 6.08 Å². The van der Waals surface area contributed by atoms with Crippen molar-refractivity contribution in [3.05, 3.63) is 12.7 Å². The minimum atomic E-state index is -0.981. The maximum Gasteiger partial charge on any atom is 0.327 e. The Morgan fingerprint density at radius 2 is 1.47 bits per heavy atom. The van der Waals surface area contributed by atoms with Crippen molar-refractivity contribution in [2.45, 2.75) is 74.8 Å². The molecule has 4 heteroatoms. The van der Waals surface area contributed by atoms with Crippen molar-refractivity contribution in [2.75, 3.05) is 0 Å². The van der Waals surface area contributed by atoms with Gasteiger partial charge in [-0.1, -0.05) is 32.3 Å². The monoisotopic (exact) mass is 266 g/mol. The summed E-state index contributed by atoms with van der Waals surface area (Å²) in [6, 6.07) is 0. The molecule has 0 radical (unpaired) electrons. The second-order valence-corrected chi connectivity index (χ2v) is 6.03.